The van der Waals surface area contributed by atoms with Gasteiger partial charge in [0, 0.05) is 12.7 Å². The van der Waals surface area contributed by atoms with Gasteiger partial charge in [0.05, 0.1) is 11.7 Å². The molecular weight excluding hydrogens is 234 g/mol. The van der Waals surface area contributed by atoms with Gasteiger partial charge < -0.3 is 5.32 Å². The Morgan fingerprint density at radius 3 is 2.68 bits per heavy atom. The number of rotatable bonds is 7. The van der Waals surface area contributed by atoms with Crippen LogP contribution in [-0.2, 0) is 6.54 Å². The molecular formula is C16H29N3. The van der Waals surface area contributed by atoms with Crippen molar-refractivity contribution in [3.05, 3.63) is 18.0 Å². The predicted octanol–water partition coefficient (Wildman–Crippen LogP) is 3.91. The Labute approximate surface area is 117 Å². The monoisotopic (exact) mass is 263 g/mol. The van der Waals surface area contributed by atoms with Crippen molar-refractivity contribution in [1.29, 1.82) is 0 Å². The van der Waals surface area contributed by atoms with Crippen LogP contribution in [0.25, 0.3) is 0 Å². The summed E-state index contributed by atoms with van der Waals surface area (Å²) in [5.74, 6) is 0.806. The van der Waals surface area contributed by atoms with Crippen LogP contribution in [0, 0.1) is 5.92 Å². The summed E-state index contributed by atoms with van der Waals surface area (Å²) in [5.41, 5.74) is 1.19. The van der Waals surface area contributed by atoms with Crippen molar-refractivity contribution in [2.45, 2.75) is 71.4 Å². The summed E-state index contributed by atoms with van der Waals surface area (Å²) in [6.07, 6.45) is 11.5. The van der Waals surface area contributed by atoms with Crippen LogP contribution in [0.4, 0.5) is 0 Å². The smallest absolute Gasteiger partial charge is 0.0762 e. The molecule has 108 valence electrons. The van der Waals surface area contributed by atoms with Gasteiger partial charge in [0.15, 0.2) is 0 Å². The van der Waals surface area contributed by atoms with E-state index in [0.717, 1.165) is 19.0 Å². The van der Waals surface area contributed by atoms with Crippen LogP contribution >= 0.6 is 0 Å². The van der Waals surface area contributed by atoms with Gasteiger partial charge in [-0.05, 0) is 31.4 Å². The maximum Gasteiger partial charge on any atom is 0.0762 e. The number of aromatic nitrogens is 2. The molecule has 0 bridgehead atoms. The van der Waals surface area contributed by atoms with Gasteiger partial charge in [0.25, 0.3) is 0 Å². The van der Waals surface area contributed by atoms with Crippen LogP contribution < -0.4 is 5.32 Å². The van der Waals surface area contributed by atoms with Crippen molar-refractivity contribution < 1.29 is 0 Å². The highest BCUT2D eigenvalue weighted by molar-refractivity contribution is 4.99. The van der Waals surface area contributed by atoms with Gasteiger partial charge in [-0.15, -0.1) is 0 Å². The summed E-state index contributed by atoms with van der Waals surface area (Å²) in [7, 11) is 0. The fourth-order valence-electron chi connectivity index (χ4n) is 3.00. The van der Waals surface area contributed by atoms with E-state index in [4.69, 9.17) is 5.10 Å². The second-order valence-corrected chi connectivity index (χ2v) is 5.89. The molecule has 0 saturated heterocycles. The molecule has 3 nitrogen and oxygen atoms in total. The Kier molecular flexibility index (Phi) is 5.90. The molecule has 3 heteroatoms. The Balaban J connectivity index is 1.77. The van der Waals surface area contributed by atoms with Crippen LogP contribution in [0.1, 0.15) is 70.5 Å². The van der Waals surface area contributed by atoms with E-state index < -0.39 is 0 Å². The fraction of sp³-hybridized carbons (Fsp3) is 0.812. The molecule has 1 aliphatic carbocycles. The highest BCUT2D eigenvalue weighted by Crippen LogP contribution is 2.27. The van der Waals surface area contributed by atoms with Crippen molar-refractivity contribution >= 4 is 0 Å². The Hall–Kier alpha value is -0.830. The van der Waals surface area contributed by atoms with Gasteiger partial charge in [-0.25, -0.2) is 0 Å². The third-order valence-electron chi connectivity index (χ3n) is 4.51. The second kappa shape index (κ2) is 7.68. The first kappa shape index (κ1) is 14.6. The van der Waals surface area contributed by atoms with Crippen LogP contribution in [0.5, 0.6) is 0 Å². The minimum Gasteiger partial charge on any atom is -0.311 e. The number of nitrogens with zero attached hydrogens (tertiary/aromatic N) is 2. The van der Waals surface area contributed by atoms with E-state index in [-0.39, 0.29) is 0 Å². The summed E-state index contributed by atoms with van der Waals surface area (Å²) < 4.78 is 2.20. The minimum absolute atomic E-state index is 0.654. The summed E-state index contributed by atoms with van der Waals surface area (Å²) in [5, 5.41) is 8.28. The van der Waals surface area contributed by atoms with Crippen molar-refractivity contribution in [1.82, 2.24) is 15.1 Å². The Bertz CT molecular complexity index is 349. The highest BCUT2D eigenvalue weighted by atomic mass is 15.3. The molecule has 0 amide bonds. The van der Waals surface area contributed by atoms with Crippen LogP contribution in [0.2, 0.25) is 0 Å². The first-order valence-electron chi connectivity index (χ1n) is 8.08. The lowest BCUT2D eigenvalue weighted by Crippen LogP contribution is -2.22. The number of hydrogen-bond acceptors (Lipinski definition) is 2. The van der Waals surface area contributed by atoms with Crippen molar-refractivity contribution in [2.24, 2.45) is 5.92 Å². The molecule has 19 heavy (non-hydrogen) atoms. The van der Waals surface area contributed by atoms with E-state index in [1.54, 1.807) is 0 Å². The summed E-state index contributed by atoms with van der Waals surface area (Å²) >= 11 is 0. The lowest BCUT2D eigenvalue weighted by Gasteiger charge is -2.21. The molecule has 0 aromatic carbocycles. The second-order valence-electron chi connectivity index (χ2n) is 5.89. The molecule has 0 unspecified atom stereocenters. The zero-order valence-electron chi connectivity index (χ0n) is 12.6. The largest absolute Gasteiger partial charge is 0.311 e. The SMILES string of the molecule is CCC(CC)CNCc1ccn(C2CCCCC2)n1. The van der Waals surface area contributed by atoms with Gasteiger partial charge in [0.2, 0.25) is 0 Å². The molecule has 0 atom stereocenters. The summed E-state index contributed by atoms with van der Waals surface area (Å²) in [6, 6.07) is 2.83. The van der Waals surface area contributed by atoms with Crippen molar-refractivity contribution in [3.63, 3.8) is 0 Å². The van der Waals surface area contributed by atoms with E-state index in [0.29, 0.717) is 6.04 Å². The third-order valence-corrected chi connectivity index (χ3v) is 4.51. The average molecular weight is 263 g/mol. The molecule has 1 saturated carbocycles. The maximum atomic E-state index is 4.74. The molecule has 1 N–H and O–H groups in total. The zero-order valence-corrected chi connectivity index (χ0v) is 12.6. The summed E-state index contributed by atoms with van der Waals surface area (Å²) in [6.45, 7) is 6.57. The Morgan fingerprint density at radius 2 is 2.00 bits per heavy atom. The molecule has 0 radical (unpaired) electrons. The topological polar surface area (TPSA) is 29.9 Å². The Morgan fingerprint density at radius 1 is 1.26 bits per heavy atom. The van der Waals surface area contributed by atoms with E-state index in [2.05, 4.69) is 36.1 Å². The van der Waals surface area contributed by atoms with Crippen LogP contribution in [0.15, 0.2) is 12.3 Å². The zero-order chi connectivity index (χ0) is 13.5. The molecule has 0 spiro atoms. The lowest BCUT2D eigenvalue weighted by atomic mass is 9.96. The van der Waals surface area contributed by atoms with Gasteiger partial charge >= 0.3 is 0 Å². The fourth-order valence-corrected chi connectivity index (χ4v) is 3.00. The average Bonchev–Trinajstić information content (AvgIpc) is 2.93. The molecule has 0 aliphatic heterocycles. The van der Waals surface area contributed by atoms with E-state index >= 15 is 0 Å². The van der Waals surface area contributed by atoms with E-state index in [9.17, 15) is 0 Å². The molecule has 2 rings (SSSR count). The van der Waals surface area contributed by atoms with Gasteiger partial charge in [-0.2, -0.15) is 5.10 Å². The van der Waals surface area contributed by atoms with Crippen molar-refractivity contribution in [3.8, 4) is 0 Å². The molecule has 1 heterocycles. The minimum atomic E-state index is 0.654. The lowest BCUT2D eigenvalue weighted by molar-refractivity contribution is 0.327. The van der Waals surface area contributed by atoms with Gasteiger partial charge in [-0.3, -0.25) is 4.68 Å². The van der Waals surface area contributed by atoms with Crippen LogP contribution in [0.3, 0.4) is 0 Å². The molecule has 1 aromatic rings. The maximum absolute atomic E-state index is 4.74. The summed E-state index contributed by atoms with van der Waals surface area (Å²) in [4.78, 5) is 0. The van der Waals surface area contributed by atoms with Crippen LogP contribution in [-0.4, -0.2) is 16.3 Å². The first-order valence-corrected chi connectivity index (χ1v) is 8.08. The standard InChI is InChI=1S/C16H29N3/c1-3-14(4-2)12-17-13-15-10-11-19(18-15)16-8-6-5-7-9-16/h10-11,14,16-17H,3-9,12-13H2,1-2H3. The van der Waals surface area contributed by atoms with E-state index in [1.807, 2.05) is 0 Å². The first-order chi connectivity index (χ1) is 9.33. The predicted molar refractivity (Wildman–Crippen MR) is 80.1 cm³/mol. The number of hydrogen-bond donors (Lipinski definition) is 1. The van der Waals surface area contributed by atoms with Gasteiger partial charge in [0.1, 0.15) is 0 Å². The normalized spacial score (nSPS) is 17.2. The third kappa shape index (κ3) is 4.34. The quantitative estimate of drug-likeness (QED) is 0.808. The van der Waals surface area contributed by atoms with E-state index in [1.165, 1.54) is 50.6 Å². The molecule has 1 aromatic heterocycles. The van der Waals surface area contributed by atoms with Gasteiger partial charge in [-0.1, -0.05) is 46.0 Å². The molecule has 1 aliphatic rings. The van der Waals surface area contributed by atoms with Crippen molar-refractivity contribution in [2.75, 3.05) is 6.54 Å². The molecule has 1 fully saturated rings. The number of nitrogens with one attached hydrogen (secondary N) is 1. The highest BCUT2D eigenvalue weighted by Gasteiger charge is 2.15.